The normalized spacial score (nSPS) is 13.9. The second-order valence-electron chi connectivity index (χ2n) is 3.97. The number of hydrogen-bond donors (Lipinski definition) is 2. The van der Waals surface area contributed by atoms with E-state index in [4.69, 9.17) is 10.5 Å². The van der Waals surface area contributed by atoms with Crippen LogP contribution in [0.2, 0.25) is 0 Å². The van der Waals surface area contributed by atoms with Gasteiger partial charge in [-0.25, -0.2) is 4.68 Å². The van der Waals surface area contributed by atoms with Crippen molar-refractivity contribution < 1.29 is 9.84 Å². The van der Waals surface area contributed by atoms with E-state index in [9.17, 15) is 5.11 Å². The van der Waals surface area contributed by atoms with Crippen molar-refractivity contribution in [3.8, 4) is 11.4 Å². The molecule has 0 aliphatic carbocycles. The van der Waals surface area contributed by atoms with Crippen LogP contribution in [0.1, 0.15) is 17.0 Å². The van der Waals surface area contributed by atoms with Gasteiger partial charge >= 0.3 is 0 Å². The summed E-state index contributed by atoms with van der Waals surface area (Å²) in [7, 11) is 0. The Balaban J connectivity index is 2.19. The van der Waals surface area contributed by atoms with Crippen LogP contribution in [0, 0.1) is 0 Å². The van der Waals surface area contributed by atoms with Gasteiger partial charge < -0.3 is 15.6 Å². The van der Waals surface area contributed by atoms with E-state index in [0.29, 0.717) is 25.4 Å². The lowest BCUT2D eigenvalue weighted by Crippen LogP contribution is -2.09. The molecular weight excluding hydrogens is 218 g/mol. The molecule has 0 atom stereocenters. The molecule has 0 unspecified atom stereocenters. The van der Waals surface area contributed by atoms with Gasteiger partial charge in [-0.05, 0) is 12.1 Å². The summed E-state index contributed by atoms with van der Waals surface area (Å²) in [5, 5.41) is 14.3. The Labute approximate surface area is 98.4 Å². The standard InChI is InChI=1S/C12H13N3O2/c13-5-11-8-6-17-7-9(8)14-15(11)10-3-1-2-4-12(10)16/h1-4,16H,5-7,13H2. The van der Waals surface area contributed by atoms with Crippen molar-refractivity contribution in [3.05, 3.63) is 41.2 Å². The highest BCUT2D eigenvalue weighted by molar-refractivity contribution is 5.47. The van der Waals surface area contributed by atoms with Crippen LogP contribution in [-0.2, 0) is 24.5 Å². The summed E-state index contributed by atoms with van der Waals surface area (Å²) in [4.78, 5) is 0. The van der Waals surface area contributed by atoms with Crippen molar-refractivity contribution in [2.75, 3.05) is 0 Å². The molecule has 0 amide bonds. The van der Waals surface area contributed by atoms with Crippen molar-refractivity contribution in [1.29, 1.82) is 0 Å². The van der Waals surface area contributed by atoms with E-state index in [1.807, 2.05) is 12.1 Å². The average Bonchev–Trinajstić information content (AvgIpc) is 2.89. The van der Waals surface area contributed by atoms with Crippen LogP contribution in [0.3, 0.4) is 0 Å². The van der Waals surface area contributed by atoms with Gasteiger partial charge in [0, 0.05) is 12.1 Å². The fraction of sp³-hybridized carbons (Fsp3) is 0.250. The molecule has 0 bridgehead atoms. The summed E-state index contributed by atoms with van der Waals surface area (Å²) >= 11 is 0. The number of aromatic hydroxyl groups is 1. The summed E-state index contributed by atoms with van der Waals surface area (Å²) in [6.45, 7) is 1.44. The summed E-state index contributed by atoms with van der Waals surface area (Å²) in [5.41, 5.74) is 9.28. The number of hydrogen-bond acceptors (Lipinski definition) is 4. The lowest BCUT2D eigenvalue weighted by molar-refractivity contribution is 0.130. The van der Waals surface area contributed by atoms with Crippen LogP contribution < -0.4 is 5.73 Å². The van der Waals surface area contributed by atoms with E-state index in [-0.39, 0.29) is 5.75 Å². The third kappa shape index (κ3) is 1.51. The highest BCUT2D eigenvalue weighted by atomic mass is 16.5. The quantitative estimate of drug-likeness (QED) is 0.810. The molecule has 88 valence electrons. The van der Waals surface area contributed by atoms with Crippen LogP contribution in [0.4, 0.5) is 0 Å². The topological polar surface area (TPSA) is 73.3 Å². The Morgan fingerprint density at radius 3 is 2.94 bits per heavy atom. The zero-order valence-corrected chi connectivity index (χ0v) is 9.26. The molecule has 1 aliphatic heterocycles. The Morgan fingerprint density at radius 2 is 2.18 bits per heavy atom. The molecular formula is C12H13N3O2. The number of aromatic nitrogens is 2. The molecule has 17 heavy (non-hydrogen) atoms. The molecule has 1 aromatic heterocycles. The number of phenols is 1. The second-order valence-corrected chi connectivity index (χ2v) is 3.97. The van der Waals surface area contributed by atoms with Gasteiger partial charge in [0.15, 0.2) is 0 Å². The predicted molar refractivity (Wildman–Crippen MR) is 61.6 cm³/mol. The molecule has 0 saturated heterocycles. The molecule has 5 heteroatoms. The van der Waals surface area contributed by atoms with Gasteiger partial charge in [-0.1, -0.05) is 12.1 Å². The lowest BCUT2D eigenvalue weighted by atomic mass is 10.2. The van der Waals surface area contributed by atoms with E-state index >= 15 is 0 Å². The fourth-order valence-electron chi connectivity index (χ4n) is 2.12. The molecule has 0 saturated carbocycles. The van der Waals surface area contributed by atoms with Crippen LogP contribution in [0.25, 0.3) is 5.69 Å². The maximum atomic E-state index is 9.84. The highest BCUT2D eigenvalue weighted by Crippen LogP contribution is 2.28. The van der Waals surface area contributed by atoms with Gasteiger partial charge in [-0.15, -0.1) is 0 Å². The molecule has 1 aromatic carbocycles. The third-order valence-corrected chi connectivity index (χ3v) is 2.96. The SMILES string of the molecule is NCc1c2c(nn1-c1ccccc1O)COC2. The summed E-state index contributed by atoms with van der Waals surface area (Å²) < 4.78 is 7.04. The zero-order chi connectivity index (χ0) is 11.8. The van der Waals surface area contributed by atoms with Crippen molar-refractivity contribution >= 4 is 0 Å². The van der Waals surface area contributed by atoms with E-state index in [2.05, 4.69) is 5.10 Å². The molecule has 0 spiro atoms. The Hall–Kier alpha value is -1.85. The van der Waals surface area contributed by atoms with Gasteiger partial charge in [0.05, 0.1) is 24.6 Å². The van der Waals surface area contributed by atoms with Gasteiger partial charge in [0.2, 0.25) is 0 Å². The number of rotatable bonds is 2. The molecule has 0 radical (unpaired) electrons. The van der Waals surface area contributed by atoms with Gasteiger partial charge in [-0.2, -0.15) is 5.10 Å². The molecule has 1 aliphatic rings. The second kappa shape index (κ2) is 3.87. The molecule has 3 rings (SSSR count). The first kappa shape index (κ1) is 10.3. The van der Waals surface area contributed by atoms with Crippen molar-refractivity contribution in [1.82, 2.24) is 9.78 Å². The number of benzene rings is 1. The zero-order valence-electron chi connectivity index (χ0n) is 9.26. The molecule has 5 nitrogen and oxygen atoms in total. The molecule has 0 fully saturated rings. The largest absolute Gasteiger partial charge is 0.506 e. The summed E-state index contributed by atoms with van der Waals surface area (Å²) in [5.74, 6) is 0.198. The number of fused-ring (bicyclic) bond motifs is 1. The van der Waals surface area contributed by atoms with Crippen molar-refractivity contribution in [2.24, 2.45) is 5.73 Å². The fourth-order valence-corrected chi connectivity index (χ4v) is 2.12. The monoisotopic (exact) mass is 231 g/mol. The number of phenolic OH excluding ortho intramolecular Hbond substituents is 1. The minimum atomic E-state index is 0.198. The summed E-state index contributed by atoms with van der Waals surface area (Å²) in [6, 6.07) is 7.09. The Bertz CT molecular complexity index is 563. The number of nitrogens with zero attached hydrogens (tertiary/aromatic N) is 2. The lowest BCUT2D eigenvalue weighted by Gasteiger charge is -2.09. The third-order valence-electron chi connectivity index (χ3n) is 2.96. The predicted octanol–water partition coefficient (Wildman–Crippen LogP) is 1.07. The molecule has 2 aromatic rings. The Kier molecular flexibility index (Phi) is 2.35. The minimum Gasteiger partial charge on any atom is -0.506 e. The minimum absolute atomic E-state index is 0.198. The van der Waals surface area contributed by atoms with E-state index in [1.165, 1.54) is 0 Å². The smallest absolute Gasteiger partial charge is 0.141 e. The van der Waals surface area contributed by atoms with Crippen LogP contribution in [0.15, 0.2) is 24.3 Å². The van der Waals surface area contributed by atoms with E-state index in [1.54, 1.807) is 16.8 Å². The number of nitrogens with two attached hydrogens (primary N) is 1. The Morgan fingerprint density at radius 1 is 1.35 bits per heavy atom. The van der Waals surface area contributed by atoms with E-state index in [0.717, 1.165) is 17.0 Å². The van der Waals surface area contributed by atoms with Crippen molar-refractivity contribution in [3.63, 3.8) is 0 Å². The molecule has 2 heterocycles. The van der Waals surface area contributed by atoms with Gasteiger partial charge in [0.1, 0.15) is 11.4 Å². The first-order chi connectivity index (χ1) is 8.31. The first-order valence-corrected chi connectivity index (χ1v) is 5.47. The molecule has 3 N–H and O–H groups in total. The number of para-hydroxylation sites is 2. The van der Waals surface area contributed by atoms with Gasteiger partial charge in [-0.3, -0.25) is 0 Å². The van der Waals surface area contributed by atoms with Crippen molar-refractivity contribution in [2.45, 2.75) is 19.8 Å². The maximum absolute atomic E-state index is 9.84. The van der Waals surface area contributed by atoms with E-state index < -0.39 is 0 Å². The first-order valence-electron chi connectivity index (χ1n) is 5.47. The van der Waals surface area contributed by atoms with Gasteiger partial charge in [0.25, 0.3) is 0 Å². The van der Waals surface area contributed by atoms with Crippen LogP contribution in [-0.4, -0.2) is 14.9 Å². The summed E-state index contributed by atoms with van der Waals surface area (Å²) in [6.07, 6.45) is 0. The maximum Gasteiger partial charge on any atom is 0.141 e. The van der Waals surface area contributed by atoms with Crippen LogP contribution >= 0.6 is 0 Å². The average molecular weight is 231 g/mol. The van der Waals surface area contributed by atoms with Crippen LogP contribution in [0.5, 0.6) is 5.75 Å². The highest BCUT2D eigenvalue weighted by Gasteiger charge is 2.23. The number of ether oxygens (including phenoxy) is 1.